The average Bonchev–Trinajstić information content (AvgIpc) is 2.58. The Labute approximate surface area is 140 Å². The number of nitrogens with one attached hydrogen (secondary N) is 1. The van der Waals surface area contributed by atoms with E-state index in [4.69, 9.17) is 5.73 Å². The van der Waals surface area contributed by atoms with Gasteiger partial charge >= 0.3 is 0 Å². The number of hydrogen-bond donors (Lipinski definition) is 2. The van der Waals surface area contributed by atoms with Gasteiger partial charge in [-0.15, -0.1) is 0 Å². The van der Waals surface area contributed by atoms with Gasteiger partial charge < -0.3 is 11.1 Å². The number of carbonyl (C=O) groups excluding carboxylic acids is 3. The largest absolute Gasteiger partial charge is 0.368 e. The van der Waals surface area contributed by atoms with Gasteiger partial charge in [0.25, 0.3) is 5.91 Å². The van der Waals surface area contributed by atoms with Crippen molar-refractivity contribution >= 4 is 28.4 Å². The molecule has 1 saturated carbocycles. The Morgan fingerprint density at radius 1 is 1.12 bits per heavy atom. The predicted octanol–water partition coefficient (Wildman–Crippen LogP) is 2.18. The quantitative estimate of drug-likeness (QED) is 0.903. The van der Waals surface area contributed by atoms with Crippen LogP contribution in [-0.4, -0.2) is 23.6 Å². The lowest BCUT2D eigenvalue weighted by Gasteiger charge is -2.28. The van der Waals surface area contributed by atoms with E-state index in [-0.39, 0.29) is 17.6 Å². The van der Waals surface area contributed by atoms with Crippen molar-refractivity contribution in [2.75, 3.05) is 0 Å². The SMILES string of the molecule is NC(=O)[C@H](NC(=O)c1ccc2ccccc2c1)[C@@H]1CCCC(=O)C1. The minimum atomic E-state index is -0.812. The van der Waals surface area contributed by atoms with Gasteiger partial charge in [-0.2, -0.15) is 0 Å². The van der Waals surface area contributed by atoms with Gasteiger partial charge in [0.1, 0.15) is 11.8 Å². The summed E-state index contributed by atoms with van der Waals surface area (Å²) in [6, 6.07) is 12.3. The van der Waals surface area contributed by atoms with Gasteiger partial charge in [0.15, 0.2) is 0 Å². The number of ketones is 1. The summed E-state index contributed by atoms with van der Waals surface area (Å²) in [5.41, 5.74) is 5.94. The predicted molar refractivity (Wildman–Crippen MR) is 91.4 cm³/mol. The highest BCUT2D eigenvalue weighted by molar-refractivity contribution is 6.00. The molecule has 0 heterocycles. The first-order chi connectivity index (χ1) is 11.5. The van der Waals surface area contributed by atoms with E-state index < -0.39 is 11.9 Å². The second kappa shape index (κ2) is 6.83. The third-order valence-corrected chi connectivity index (χ3v) is 4.60. The number of rotatable bonds is 4. The number of fused-ring (bicyclic) bond motifs is 1. The van der Waals surface area contributed by atoms with Crippen molar-refractivity contribution in [2.45, 2.75) is 31.7 Å². The molecule has 2 atom stereocenters. The summed E-state index contributed by atoms with van der Waals surface area (Å²) in [6.07, 6.45) is 2.29. The number of hydrogen-bond acceptors (Lipinski definition) is 3. The zero-order chi connectivity index (χ0) is 17.1. The Balaban J connectivity index is 1.79. The van der Waals surface area contributed by atoms with E-state index >= 15 is 0 Å². The summed E-state index contributed by atoms with van der Waals surface area (Å²) in [4.78, 5) is 35.9. The Hall–Kier alpha value is -2.69. The van der Waals surface area contributed by atoms with E-state index in [1.54, 1.807) is 12.1 Å². The molecule has 5 nitrogen and oxygen atoms in total. The molecule has 24 heavy (non-hydrogen) atoms. The molecule has 1 aliphatic carbocycles. The highest BCUT2D eigenvalue weighted by Gasteiger charge is 2.32. The monoisotopic (exact) mass is 324 g/mol. The molecule has 2 amide bonds. The normalized spacial score (nSPS) is 19.0. The van der Waals surface area contributed by atoms with Crippen molar-refractivity contribution in [1.82, 2.24) is 5.32 Å². The van der Waals surface area contributed by atoms with Gasteiger partial charge in [-0.05, 0) is 41.7 Å². The van der Waals surface area contributed by atoms with Gasteiger partial charge in [-0.3, -0.25) is 14.4 Å². The van der Waals surface area contributed by atoms with Crippen LogP contribution in [0.25, 0.3) is 10.8 Å². The van der Waals surface area contributed by atoms with Crippen LogP contribution in [0.4, 0.5) is 0 Å². The number of primary amides is 1. The summed E-state index contributed by atoms with van der Waals surface area (Å²) >= 11 is 0. The smallest absolute Gasteiger partial charge is 0.251 e. The molecular weight excluding hydrogens is 304 g/mol. The second-order valence-corrected chi connectivity index (χ2v) is 6.31. The van der Waals surface area contributed by atoms with Crippen LogP contribution < -0.4 is 11.1 Å². The van der Waals surface area contributed by atoms with Crippen molar-refractivity contribution in [3.05, 3.63) is 48.0 Å². The fourth-order valence-corrected chi connectivity index (χ4v) is 3.32. The average molecular weight is 324 g/mol. The van der Waals surface area contributed by atoms with Gasteiger partial charge in [-0.25, -0.2) is 0 Å². The van der Waals surface area contributed by atoms with Crippen LogP contribution >= 0.6 is 0 Å². The third kappa shape index (κ3) is 3.45. The minimum absolute atomic E-state index is 0.123. The van der Waals surface area contributed by atoms with Crippen molar-refractivity contribution in [3.63, 3.8) is 0 Å². The Morgan fingerprint density at radius 3 is 2.58 bits per heavy atom. The molecule has 0 radical (unpaired) electrons. The van der Waals surface area contributed by atoms with Crippen LogP contribution in [0.2, 0.25) is 0 Å². The molecule has 0 aliphatic heterocycles. The maximum absolute atomic E-state index is 12.5. The fourth-order valence-electron chi connectivity index (χ4n) is 3.32. The van der Waals surface area contributed by atoms with E-state index in [1.165, 1.54) is 0 Å². The third-order valence-electron chi connectivity index (χ3n) is 4.60. The first kappa shape index (κ1) is 16.2. The highest BCUT2D eigenvalue weighted by Crippen LogP contribution is 2.25. The van der Waals surface area contributed by atoms with Crippen LogP contribution in [0, 0.1) is 5.92 Å². The van der Waals surface area contributed by atoms with Gasteiger partial charge in [-0.1, -0.05) is 30.3 Å². The summed E-state index contributed by atoms with van der Waals surface area (Å²) in [5, 5.41) is 4.71. The number of amides is 2. The molecule has 0 spiro atoms. The minimum Gasteiger partial charge on any atom is -0.368 e. The molecule has 3 N–H and O–H groups in total. The van der Waals surface area contributed by atoms with E-state index in [0.29, 0.717) is 18.4 Å². The summed E-state index contributed by atoms with van der Waals surface area (Å²) in [7, 11) is 0. The first-order valence-corrected chi connectivity index (χ1v) is 8.15. The first-order valence-electron chi connectivity index (χ1n) is 8.15. The number of Topliss-reactive ketones (excluding diaryl/α,β-unsaturated/α-hetero) is 1. The summed E-state index contributed by atoms with van der Waals surface area (Å²) in [5.74, 6) is -1.03. The molecule has 0 unspecified atom stereocenters. The molecule has 1 aliphatic rings. The molecule has 0 aromatic heterocycles. The topological polar surface area (TPSA) is 89.3 Å². The van der Waals surface area contributed by atoms with Crippen LogP contribution in [0.1, 0.15) is 36.0 Å². The standard InChI is InChI=1S/C19H20N2O3/c20-18(23)17(14-6-3-7-16(22)11-14)21-19(24)15-9-8-12-4-1-2-5-13(12)10-15/h1-2,4-5,8-10,14,17H,3,6-7,11H2,(H2,20,23)(H,21,24)/t14-,17-/m1/s1. The van der Waals surface area contributed by atoms with Crippen molar-refractivity contribution < 1.29 is 14.4 Å². The lowest BCUT2D eigenvalue weighted by molar-refractivity contribution is -0.124. The molecule has 0 bridgehead atoms. The number of benzene rings is 2. The van der Waals surface area contributed by atoms with Crippen LogP contribution in [0.15, 0.2) is 42.5 Å². The highest BCUT2D eigenvalue weighted by atomic mass is 16.2. The van der Waals surface area contributed by atoms with Crippen molar-refractivity contribution in [2.24, 2.45) is 11.7 Å². The van der Waals surface area contributed by atoms with Crippen LogP contribution in [0.5, 0.6) is 0 Å². The Kier molecular flexibility index (Phi) is 4.60. The van der Waals surface area contributed by atoms with Gasteiger partial charge in [0.05, 0.1) is 0 Å². The zero-order valence-electron chi connectivity index (χ0n) is 13.3. The van der Waals surface area contributed by atoms with Gasteiger partial charge in [0, 0.05) is 18.4 Å². The molecule has 5 heteroatoms. The van der Waals surface area contributed by atoms with Gasteiger partial charge in [0.2, 0.25) is 5.91 Å². The molecule has 3 rings (SSSR count). The van der Waals surface area contributed by atoms with Crippen LogP contribution in [0.3, 0.4) is 0 Å². The maximum atomic E-state index is 12.5. The number of carbonyl (C=O) groups is 3. The van der Waals surface area contributed by atoms with E-state index in [9.17, 15) is 14.4 Å². The summed E-state index contributed by atoms with van der Waals surface area (Å²) in [6.45, 7) is 0. The fraction of sp³-hybridized carbons (Fsp3) is 0.316. The molecule has 2 aromatic rings. The molecule has 2 aromatic carbocycles. The molecule has 1 fully saturated rings. The molecule has 124 valence electrons. The second-order valence-electron chi connectivity index (χ2n) is 6.31. The van der Waals surface area contributed by atoms with Crippen molar-refractivity contribution in [1.29, 1.82) is 0 Å². The molecule has 0 saturated heterocycles. The zero-order valence-corrected chi connectivity index (χ0v) is 13.3. The lowest BCUT2D eigenvalue weighted by atomic mass is 9.82. The lowest BCUT2D eigenvalue weighted by Crippen LogP contribution is -2.50. The molecular formula is C19H20N2O3. The van der Waals surface area contributed by atoms with E-state index in [0.717, 1.165) is 23.6 Å². The van der Waals surface area contributed by atoms with Crippen LogP contribution in [-0.2, 0) is 9.59 Å². The maximum Gasteiger partial charge on any atom is 0.251 e. The summed E-state index contributed by atoms with van der Waals surface area (Å²) < 4.78 is 0. The van der Waals surface area contributed by atoms with Crippen molar-refractivity contribution in [3.8, 4) is 0 Å². The van der Waals surface area contributed by atoms with E-state index in [1.807, 2.05) is 30.3 Å². The van der Waals surface area contributed by atoms with E-state index in [2.05, 4.69) is 5.32 Å². The number of nitrogens with two attached hydrogens (primary N) is 1. The Bertz CT molecular complexity index is 800. The Morgan fingerprint density at radius 2 is 1.88 bits per heavy atom.